The number of carbonyl (C=O) groups is 2. The fourth-order valence-corrected chi connectivity index (χ4v) is 3.34. The summed E-state index contributed by atoms with van der Waals surface area (Å²) in [7, 11) is 0. The summed E-state index contributed by atoms with van der Waals surface area (Å²) < 4.78 is 1.88. The summed E-state index contributed by atoms with van der Waals surface area (Å²) >= 11 is 0. The third-order valence-electron chi connectivity index (χ3n) is 5.06. The largest absolute Gasteiger partial charge is 0.322 e. The molecule has 5 nitrogen and oxygen atoms in total. The SMILES string of the molecule is Cc1c(CC=O)cnn1Cc1ccc(NC(=O)c2ccc3ccccc3c2)cc1. The van der Waals surface area contributed by atoms with Gasteiger partial charge >= 0.3 is 0 Å². The van der Waals surface area contributed by atoms with Crippen molar-refractivity contribution in [2.45, 2.75) is 19.9 Å². The number of aromatic nitrogens is 2. The first kappa shape index (κ1) is 18.6. The average Bonchev–Trinajstić information content (AvgIpc) is 3.09. The average molecular weight is 383 g/mol. The van der Waals surface area contributed by atoms with Crippen LogP contribution >= 0.6 is 0 Å². The van der Waals surface area contributed by atoms with Gasteiger partial charge < -0.3 is 10.1 Å². The van der Waals surface area contributed by atoms with Crippen LogP contribution in [0.3, 0.4) is 0 Å². The van der Waals surface area contributed by atoms with Crippen LogP contribution in [0, 0.1) is 6.92 Å². The molecule has 0 aliphatic rings. The van der Waals surface area contributed by atoms with Gasteiger partial charge in [-0.25, -0.2) is 0 Å². The Morgan fingerprint density at radius 1 is 1.03 bits per heavy atom. The Balaban J connectivity index is 1.44. The molecule has 0 aliphatic carbocycles. The highest BCUT2D eigenvalue weighted by molar-refractivity contribution is 6.06. The quantitative estimate of drug-likeness (QED) is 0.502. The van der Waals surface area contributed by atoms with Crippen molar-refractivity contribution in [3.05, 3.63) is 95.3 Å². The lowest BCUT2D eigenvalue weighted by molar-refractivity contribution is -0.107. The summed E-state index contributed by atoms with van der Waals surface area (Å²) in [5.74, 6) is -0.134. The topological polar surface area (TPSA) is 64.0 Å². The molecule has 3 aromatic carbocycles. The van der Waals surface area contributed by atoms with Crippen molar-refractivity contribution < 1.29 is 9.59 Å². The lowest BCUT2D eigenvalue weighted by atomic mass is 10.1. The first-order valence-electron chi connectivity index (χ1n) is 9.48. The molecule has 1 heterocycles. The van der Waals surface area contributed by atoms with Gasteiger partial charge in [0, 0.05) is 28.9 Å². The van der Waals surface area contributed by atoms with Crippen molar-refractivity contribution >= 4 is 28.7 Å². The van der Waals surface area contributed by atoms with Gasteiger partial charge in [0.15, 0.2) is 0 Å². The van der Waals surface area contributed by atoms with E-state index < -0.39 is 0 Å². The number of nitrogens with zero attached hydrogens (tertiary/aromatic N) is 2. The van der Waals surface area contributed by atoms with Crippen LogP contribution < -0.4 is 5.32 Å². The molecule has 5 heteroatoms. The maximum absolute atomic E-state index is 12.6. The fraction of sp³-hybridized carbons (Fsp3) is 0.125. The summed E-state index contributed by atoms with van der Waals surface area (Å²) in [6.07, 6.45) is 3.01. The predicted octanol–water partition coefficient (Wildman–Crippen LogP) is 4.39. The molecule has 0 saturated carbocycles. The fourth-order valence-electron chi connectivity index (χ4n) is 3.34. The zero-order valence-corrected chi connectivity index (χ0v) is 16.1. The highest BCUT2D eigenvalue weighted by Gasteiger charge is 2.09. The third-order valence-corrected chi connectivity index (χ3v) is 5.06. The molecule has 4 aromatic rings. The number of fused-ring (bicyclic) bond motifs is 1. The van der Waals surface area contributed by atoms with Crippen molar-refractivity contribution in [3.8, 4) is 0 Å². The number of benzene rings is 3. The van der Waals surface area contributed by atoms with Crippen LogP contribution in [0.2, 0.25) is 0 Å². The van der Waals surface area contributed by atoms with Crippen molar-refractivity contribution in [2.75, 3.05) is 5.32 Å². The van der Waals surface area contributed by atoms with E-state index in [1.807, 2.05) is 78.3 Å². The molecule has 0 bridgehead atoms. The standard InChI is InChI=1S/C24H21N3O2/c1-17-22(12-13-28)15-25-27(17)16-18-6-10-23(11-7-18)26-24(29)21-9-8-19-4-2-3-5-20(19)14-21/h2-11,13-15H,12,16H2,1H3,(H,26,29). The van der Waals surface area contributed by atoms with Gasteiger partial charge in [-0.05, 0) is 47.5 Å². The van der Waals surface area contributed by atoms with Crippen LogP contribution in [0.15, 0.2) is 72.9 Å². The number of hydrogen-bond acceptors (Lipinski definition) is 3. The van der Waals surface area contributed by atoms with E-state index in [4.69, 9.17) is 0 Å². The maximum atomic E-state index is 12.6. The normalized spacial score (nSPS) is 10.8. The summed E-state index contributed by atoms with van der Waals surface area (Å²) in [6, 6.07) is 21.4. The zero-order valence-electron chi connectivity index (χ0n) is 16.1. The molecule has 1 N–H and O–H groups in total. The molecule has 0 radical (unpaired) electrons. The number of carbonyl (C=O) groups excluding carboxylic acids is 2. The summed E-state index contributed by atoms with van der Waals surface area (Å²) in [5.41, 5.74) is 4.37. The van der Waals surface area contributed by atoms with E-state index >= 15 is 0 Å². The van der Waals surface area contributed by atoms with E-state index in [-0.39, 0.29) is 5.91 Å². The number of nitrogens with one attached hydrogen (secondary N) is 1. The van der Waals surface area contributed by atoms with Gasteiger partial charge in [0.2, 0.25) is 0 Å². The molecule has 0 fully saturated rings. The number of amides is 1. The van der Waals surface area contributed by atoms with E-state index in [1.165, 1.54) is 0 Å². The van der Waals surface area contributed by atoms with E-state index in [0.717, 1.165) is 39.6 Å². The van der Waals surface area contributed by atoms with Gasteiger partial charge in [-0.15, -0.1) is 0 Å². The summed E-state index contributed by atoms with van der Waals surface area (Å²) in [6.45, 7) is 2.58. The molecule has 144 valence electrons. The van der Waals surface area contributed by atoms with Crippen LogP contribution in [0.4, 0.5) is 5.69 Å². The van der Waals surface area contributed by atoms with E-state index in [9.17, 15) is 9.59 Å². The van der Waals surface area contributed by atoms with Gasteiger partial charge in [0.1, 0.15) is 6.29 Å². The number of hydrogen-bond donors (Lipinski definition) is 1. The summed E-state index contributed by atoms with van der Waals surface area (Å²) in [4.78, 5) is 23.3. The zero-order chi connectivity index (χ0) is 20.2. The number of aldehydes is 1. The smallest absolute Gasteiger partial charge is 0.255 e. The minimum atomic E-state index is -0.134. The second-order valence-electron chi connectivity index (χ2n) is 7.00. The molecule has 0 aliphatic heterocycles. The Labute approximate surface area is 169 Å². The Morgan fingerprint density at radius 2 is 1.79 bits per heavy atom. The highest BCUT2D eigenvalue weighted by atomic mass is 16.1. The van der Waals surface area contributed by atoms with Crippen LogP contribution in [0.5, 0.6) is 0 Å². The predicted molar refractivity (Wildman–Crippen MR) is 114 cm³/mol. The molecule has 4 rings (SSSR count). The second-order valence-corrected chi connectivity index (χ2v) is 7.00. The second kappa shape index (κ2) is 8.10. The molecule has 29 heavy (non-hydrogen) atoms. The van der Waals surface area contributed by atoms with Gasteiger partial charge in [0.05, 0.1) is 12.7 Å². The number of anilines is 1. The first-order valence-corrected chi connectivity index (χ1v) is 9.48. The van der Waals surface area contributed by atoms with Crippen LogP contribution in [0.1, 0.15) is 27.2 Å². The Morgan fingerprint density at radius 3 is 2.55 bits per heavy atom. The van der Waals surface area contributed by atoms with Gasteiger partial charge in [-0.1, -0.05) is 42.5 Å². The van der Waals surface area contributed by atoms with Gasteiger partial charge in [-0.3, -0.25) is 9.48 Å². The molecular weight excluding hydrogens is 362 g/mol. The Bertz CT molecular complexity index is 1180. The first-order chi connectivity index (χ1) is 14.1. The minimum Gasteiger partial charge on any atom is -0.322 e. The van der Waals surface area contributed by atoms with E-state index in [2.05, 4.69) is 10.4 Å². The highest BCUT2D eigenvalue weighted by Crippen LogP contribution is 2.18. The van der Waals surface area contributed by atoms with Crippen molar-refractivity contribution in [3.63, 3.8) is 0 Å². The molecule has 0 atom stereocenters. The molecule has 0 saturated heterocycles. The van der Waals surface area contributed by atoms with Crippen LogP contribution in [-0.4, -0.2) is 22.0 Å². The van der Waals surface area contributed by atoms with Crippen LogP contribution in [0.25, 0.3) is 10.8 Å². The van der Waals surface area contributed by atoms with Crippen LogP contribution in [-0.2, 0) is 17.8 Å². The summed E-state index contributed by atoms with van der Waals surface area (Å²) in [5, 5.41) is 9.45. The third kappa shape index (κ3) is 4.09. The maximum Gasteiger partial charge on any atom is 0.255 e. The van der Waals surface area contributed by atoms with Gasteiger partial charge in [-0.2, -0.15) is 5.10 Å². The lowest BCUT2D eigenvalue weighted by Gasteiger charge is -2.09. The number of rotatable bonds is 6. The molecular formula is C24H21N3O2. The molecule has 0 spiro atoms. The van der Waals surface area contributed by atoms with E-state index in [1.54, 1.807) is 6.20 Å². The minimum absolute atomic E-state index is 0.134. The Kier molecular flexibility index (Phi) is 5.20. The Hall–Kier alpha value is -3.73. The molecule has 1 aromatic heterocycles. The molecule has 1 amide bonds. The lowest BCUT2D eigenvalue weighted by Crippen LogP contribution is -2.12. The van der Waals surface area contributed by atoms with Gasteiger partial charge in [0.25, 0.3) is 5.91 Å². The van der Waals surface area contributed by atoms with Crippen molar-refractivity contribution in [2.24, 2.45) is 0 Å². The van der Waals surface area contributed by atoms with Crippen molar-refractivity contribution in [1.29, 1.82) is 0 Å². The van der Waals surface area contributed by atoms with Crippen molar-refractivity contribution in [1.82, 2.24) is 9.78 Å². The van der Waals surface area contributed by atoms with E-state index in [0.29, 0.717) is 18.5 Å². The monoisotopic (exact) mass is 383 g/mol. The molecule has 0 unspecified atom stereocenters.